The van der Waals surface area contributed by atoms with E-state index in [1.165, 1.54) is 5.56 Å². The lowest BCUT2D eigenvalue weighted by Gasteiger charge is -2.07. The van der Waals surface area contributed by atoms with Crippen molar-refractivity contribution in [3.05, 3.63) is 48.3 Å². The topological polar surface area (TPSA) is 54.7 Å². The highest BCUT2D eigenvalue weighted by atomic mass is 14.8. The molecule has 0 bridgehead atoms. The summed E-state index contributed by atoms with van der Waals surface area (Å²) in [6, 6.07) is 9.93. The first-order chi connectivity index (χ1) is 8.25. The number of nitrogen functional groups attached to an aromatic ring is 1. The van der Waals surface area contributed by atoms with Crippen LogP contribution in [0.5, 0.6) is 0 Å². The lowest BCUT2D eigenvalue weighted by atomic mass is 10.0. The molecule has 3 rings (SSSR count). The van der Waals surface area contributed by atoms with Gasteiger partial charge in [0.25, 0.3) is 0 Å². The minimum atomic E-state index is 0.774. The first kappa shape index (κ1) is 9.90. The molecule has 2 heterocycles. The molecule has 0 unspecified atom stereocenters. The van der Waals surface area contributed by atoms with Crippen LogP contribution in [0.25, 0.3) is 22.2 Å². The summed E-state index contributed by atoms with van der Waals surface area (Å²) in [4.78, 5) is 7.53. The maximum Gasteiger partial charge on any atom is 0.137 e. The summed E-state index contributed by atoms with van der Waals surface area (Å²) < 4.78 is 0. The van der Waals surface area contributed by atoms with E-state index in [4.69, 9.17) is 5.73 Å². The third-order valence-corrected chi connectivity index (χ3v) is 3.05. The van der Waals surface area contributed by atoms with E-state index >= 15 is 0 Å². The Morgan fingerprint density at radius 3 is 2.94 bits per heavy atom. The standard InChI is InChI=1S/C14H13N3/c1-9-12-5-6-16-14(12)17-8-13(9)10-3-2-4-11(15)7-10/h2-8H,15H2,1H3,(H,16,17). The van der Waals surface area contributed by atoms with E-state index in [9.17, 15) is 0 Å². The molecule has 3 nitrogen and oxygen atoms in total. The van der Waals surface area contributed by atoms with Crippen LogP contribution in [0.2, 0.25) is 0 Å². The molecule has 0 saturated carbocycles. The van der Waals surface area contributed by atoms with Crippen molar-refractivity contribution in [1.29, 1.82) is 0 Å². The zero-order valence-corrected chi connectivity index (χ0v) is 9.57. The predicted octanol–water partition coefficient (Wildman–Crippen LogP) is 3.12. The molecule has 0 aliphatic rings. The molecule has 0 aliphatic heterocycles. The Hall–Kier alpha value is -2.29. The lowest BCUT2D eigenvalue weighted by molar-refractivity contribution is 1.31. The van der Waals surface area contributed by atoms with E-state index < -0.39 is 0 Å². The van der Waals surface area contributed by atoms with Crippen LogP contribution in [0.1, 0.15) is 5.56 Å². The predicted molar refractivity (Wildman–Crippen MR) is 70.7 cm³/mol. The Morgan fingerprint density at radius 2 is 2.12 bits per heavy atom. The number of nitrogens with one attached hydrogen (secondary N) is 1. The number of benzene rings is 1. The van der Waals surface area contributed by atoms with Gasteiger partial charge in [0.15, 0.2) is 0 Å². The Balaban J connectivity index is 2.27. The fraction of sp³-hybridized carbons (Fsp3) is 0.0714. The van der Waals surface area contributed by atoms with Gasteiger partial charge in [-0.2, -0.15) is 0 Å². The number of aromatic amines is 1. The van der Waals surface area contributed by atoms with Crippen LogP contribution in [0, 0.1) is 6.92 Å². The SMILES string of the molecule is Cc1c(-c2cccc(N)c2)cnc2[nH]ccc12. The smallest absolute Gasteiger partial charge is 0.137 e. The van der Waals surface area contributed by atoms with E-state index in [2.05, 4.69) is 23.0 Å². The molecule has 0 spiro atoms. The van der Waals surface area contributed by atoms with Gasteiger partial charge in [0.1, 0.15) is 5.65 Å². The van der Waals surface area contributed by atoms with Gasteiger partial charge in [-0.1, -0.05) is 12.1 Å². The quantitative estimate of drug-likeness (QED) is 0.623. The van der Waals surface area contributed by atoms with Crippen molar-refractivity contribution in [3.8, 4) is 11.1 Å². The summed E-state index contributed by atoms with van der Waals surface area (Å²) in [6.45, 7) is 2.11. The second-order valence-corrected chi connectivity index (χ2v) is 4.16. The highest BCUT2D eigenvalue weighted by Gasteiger charge is 2.07. The number of nitrogens with zero attached hydrogens (tertiary/aromatic N) is 1. The van der Waals surface area contributed by atoms with Crippen LogP contribution in [0.3, 0.4) is 0 Å². The van der Waals surface area contributed by atoms with Crippen molar-refractivity contribution in [2.45, 2.75) is 6.92 Å². The molecule has 2 aromatic heterocycles. The van der Waals surface area contributed by atoms with Gasteiger partial charge in [-0.15, -0.1) is 0 Å². The summed E-state index contributed by atoms with van der Waals surface area (Å²) in [5, 5.41) is 1.16. The highest BCUT2D eigenvalue weighted by Crippen LogP contribution is 2.28. The van der Waals surface area contributed by atoms with Gasteiger partial charge in [0.05, 0.1) is 0 Å². The van der Waals surface area contributed by atoms with Gasteiger partial charge in [0, 0.05) is 29.0 Å². The van der Waals surface area contributed by atoms with Crippen molar-refractivity contribution in [2.24, 2.45) is 0 Å². The van der Waals surface area contributed by atoms with E-state index in [1.807, 2.05) is 36.7 Å². The third kappa shape index (κ3) is 1.56. The average molecular weight is 223 g/mol. The van der Waals surface area contributed by atoms with Crippen molar-refractivity contribution in [3.63, 3.8) is 0 Å². The van der Waals surface area contributed by atoms with E-state index in [0.29, 0.717) is 0 Å². The molecule has 0 radical (unpaired) electrons. The number of pyridine rings is 1. The zero-order valence-electron chi connectivity index (χ0n) is 9.57. The minimum Gasteiger partial charge on any atom is -0.399 e. The first-order valence-corrected chi connectivity index (χ1v) is 5.54. The maximum absolute atomic E-state index is 5.81. The Bertz CT molecular complexity index is 683. The van der Waals surface area contributed by atoms with Crippen molar-refractivity contribution < 1.29 is 0 Å². The second kappa shape index (κ2) is 3.63. The number of anilines is 1. The summed E-state index contributed by atoms with van der Waals surface area (Å²) in [5.74, 6) is 0. The highest BCUT2D eigenvalue weighted by molar-refractivity contribution is 5.86. The first-order valence-electron chi connectivity index (χ1n) is 5.54. The van der Waals surface area contributed by atoms with E-state index in [-0.39, 0.29) is 0 Å². The third-order valence-electron chi connectivity index (χ3n) is 3.05. The Morgan fingerprint density at radius 1 is 1.24 bits per heavy atom. The average Bonchev–Trinajstić information content (AvgIpc) is 2.78. The van der Waals surface area contributed by atoms with Gasteiger partial charge < -0.3 is 10.7 Å². The van der Waals surface area contributed by atoms with Crippen molar-refractivity contribution in [1.82, 2.24) is 9.97 Å². The number of fused-ring (bicyclic) bond motifs is 1. The van der Waals surface area contributed by atoms with E-state index in [1.54, 1.807) is 0 Å². The van der Waals surface area contributed by atoms with Crippen LogP contribution in [-0.2, 0) is 0 Å². The Kier molecular flexibility index (Phi) is 2.11. The Labute approximate surface area is 99.3 Å². The fourth-order valence-electron chi connectivity index (χ4n) is 2.14. The number of rotatable bonds is 1. The molecule has 3 N–H and O–H groups in total. The summed E-state index contributed by atoms with van der Waals surface area (Å²) in [7, 11) is 0. The number of nitrogens with two attached hydrogens (primary N) is 1. The number of hydrogen-bond donors (Lipinski definition) is 2. The van der Waals surface area contributed by atoms with Gasteiger partial charge in [-0.05, 0) is 36.2 Å². The van der Waals surface area contributed by atoms with Crippen LogP contribution in [-0.4, -0.2) is 9.97 Å². The lowest BCUT2D eigenvalue weighted by Crippen LogP contribution is -1.89. The summed E-state index contributed by atoms with van der Waals surface area (Å²) in [6.07, 6.45) is 3.80. The number of aryl methyl sites for hydroxylation is 1. The van der Waals surface area contributed by atoms with E-state index in [0.717, 1.165) is 27.8 Å². The molecule has 0 amide bonds. The molecule has 0 saturated heterocycles. The molecule has 84 valence electrons. The van der Waals surface area contributed by atoms with Crippen LogP contribution in [0.15, 0.2) is 42.7 Å². The van der Waals surface area contributed by atoms with Crippen molar-refractivity contribution in [2.75, 3.05) is 5.73 Å². The van der Waals surface area contributed by atoms with Gasteiger partial charge in [-0.25, -0.2) is 4.98 Å². The molecule has 3 heteroatoms. The van der Waals surface area contributed by atoms with Gasteiger partial charge in [-0.3, -0.25) is 0 Å². The normalized spacial score (nSPS) is 10.9. The number of H-pyrrole nitrogens is 1. The molecule has 17 heavy (non-hydrogen) atoms. The van der Waals surface area contributed by atoms with Crippen molar-refractivity contribution >= 4 is 16.7 Å². The minimum absolute atomic E-state index is 0.774. The number of aromatic nitrogens is 2. The molecule has 3 aromatic rings. The molecule has 0 fully saturated rings. The van der Waals surface area contributed by atoms with Crippen LogP contribution >= 0.6 is 0 Å². The molecule has 1 aromatic carbocycles. The summed E-state index contributed by atoms with van der Waals surface area (Å²) in [5.41, 5.74) is 11.0. The van der Waals surface area contributed by atoms with Gasteiger partial charge >= 0.3 is 0 Å². The summed E-state index contributed by atoms with van der Waals surface area (Å²) >= 11 is 0. The molecular formula is C14H13N3. The largest absolute Gasteiger partial charge is 0.399 e. The fourth-order valence-corrected chi connectivity index (χ4v) is 2.14. The maximum atomic E-state index is 5.81. The molecule has 0 aliphatic carbocycles. The molecular weight excluding hydrogens is 210 g/mol. The van der Waals surface area contributed by atoms with Crippen LogP contribution < -0.4 is 5.73 Å². The van der Waals surface area contributed by atoms with Crippen LogP contribution in [0.4, 0.5) is 5.69 Å². The molecule has 0 atom stereocenters. The van der Waals surface area contributed by atoms with Gasteiger partial charge in [0.2, 0.25) is 0 Å². The second-order valence-electron chi connectivity index (χ2n) is 4.16. The zero-order chi connectivity index (χ0) is 11.8. The number of hydrogen-bond acceptors (Lipinski definition) is 2. The monoisotopic (exact) mass is 223 g/mol.